The summed E-state index contributed by atoms with van der Waals surface area (Å²) < 4.78 is 0. The van der Waals surface area contributed by atoms with E-state index in [1.165, 1.54) is 0 Å². The Balaban J connectivity index is 1.99. The van der Waals surface area contributed by atoms with Crippen molar-refractivity contribution < 1.29 is 9.90 Å². The number of fused-ring (bicyclic) bond motifs is 1. The number of amides is 1. The molecule has 2 aromatic rings. The standard InChI is InChI=1S/C17H18N2O2/c1-12-11-19(16-5-3-2-4-14(16)10-18-12)17(21)13-6-8-15(20)9-7-13/h2-9,12,18,20H,10-11H2,1H3. The number of phenols is 1. The van der Waals surface area contributed by atoms with Gasteiger partial charge in [0.2, 0.25) is 0 Å². The Bertz CT molecular complexity index is 652. The van der Waals surface area contributed by atoms with Crippen LogP contribution in [0.25, 0.3) is 0 Å². The van der Waals surface area contributed by atoms with Gasteiger partial charge in [-0.25, -0.2) is 0 Å². The van der Waals surface area contributed by atoms with Gasteiger partial charge in [0.05, 0.1) is 0 Å². The van der Waals surface area contributed by atoms with Crippen LogP contribution in [0.5, 0.6) is 5.75 Å². The van der Waals surface area contributed by atoms with Crippen LogP contribution in [0.15, 0.2) is 48.5 Å². The van der Waals surface area contributed by atoms with Crippen molar-refractivity contribution in [1.29, 1.82) is 0 Å². The number of para-hydroxylation sites is 1. The second kappa shape index (κ2) is 5.58. The maximum absolute atomic E-state index is 12.8. The van der Waals surface area contributed by atoms with Crippen LogP contribution in [-0.4, -0.2) is 23.6 Å². The molecule has 0 saturated heterocycles. The van der Waals surface area contributed by atoms with E-state index < -0.39 is 0 Å². The van der Waals surface area contributed by atoms with Crippen LogP contribution < -0.4 is 10.2 Å². The molecule has 4 heteroatoms. The van der Waals surface area contributed by atoms with Crippen LogP contribution in [-0.2, 0) is 6.54 Å². The lowest BCUT2D eigenvalue weighted by molar-refractivity contribution is 0.0985. The molecule has 1 heterocycles. The Labute approximate surface area is 124 Å². The number of nitrogens with zero attached hydrogens (tertiary/aromatic N) is 1. The normalized spacial score (nSPS) is 18.0. The molecule has 0 fully saturated rings. The fraction of sp³-hybridized carbons (Fsp3) is 0.235. The zero-order valence-electron chi connectivity index (χ0n) is 11.9. The zero-order valence-corrected chi connectivity index (χ0v) is 11.9. The summed E-state index contributed by atoms with van der Waals surface area (Å²) >= 11 is 0. The number of benzene rings is 2. The SMILES string of the molecule is CC1CN(C(=O)c2ccc(O)cc2)c2ccccc2CN1. The number of hydrogen-bond acceptors (Lipinski definition) is 3. The van der Waals surface area contributed by atoms with Crippen LogP contribution in [0.1, 0.15) is 22.8 Å². The van der Waals surface area contributed by atoms with Gasteiger partial charge in [0.15, 0.2) is 0 Å². The molecule has 4 nitrogen and oxygen atoms in total. The summed E-state index contributed by atoms with van der Waals surface area (Å²) in [6, 6.07) is 14.6. The van der Waals surface area contributed by atoms with Crippen molar-refractivity contribution in [3.05, 3.63) is 59.7 Å². The monoisotopic (exact) mass is 282 g/mol. The highest BCUT2D eigenvalue weighted by Gasteiger charge is 2.24. The third kappa shape index (κ3) is 2.76. The van der Waals surface area contributed by atoms with E-state index in [9.17, 15) is 9.90 Å². The average Bonchev–Trinajstić information content (AvgIpc) is 2.67. The summed E-state index contributed by atoms with van der Waals surface area (Å²) in [5.74, 6) is 0.121. The van der Waals surface area contributed by atoms with Crippen molar-refractivity contribution in [3.8, 4) is 5.75 Å². The number of nitrogens with one attached hydrogen (secondary N) is 1. The molecule has 21 heavy (non-hydrogen) atoms. The molecule has 0 aromatic heterocycles. The Morgan fingerprint density at radius 1 is 1.19 bits per heavy atom. The van der Waals surface area contributed by atoms with Gasteiger partial charge in [-0.05, 0) is 42.8 Å². The van der Waals surface area contributed by atoms with Crippen molar-refractivity contribution in [3.63, 3.8) is 0 Å². The van der Waals surface area contributed by atoms with Crippen LogP contribution in [0.4, 0.5) is 5.69 Å². The fourth-order valence-electron chi connectivity index (χ4n) is 2.60. The molecule has 0 saturated carbocycles. The van der Waals surface area contributed by atoms with Gasteiger partial charge in [-0.15, -0.1) is 0 Å². The lowest BCUT2D eigenvalue weighted by atomic mass is 10.1. The highest BCUT2D eigenvalue weighted by Crippen LogP contribution is 2.25. The van der Waals surface area contributed by atoms with Gasteiger partial charge < -0.3 is 15.3 Å². The minimum atomic E-state index is -0.0435. The van der Waals surface area contributed by atoms with Crippen molar-refractivity contribution in [1.82, 2.24) is 5.32 Å². The second-order valence-corrected chi connectivity index (χ2v) is 5.37. The van der Waals surface area contributed by atoms with Gasteiger partial charge in [0.1, 0.15) is 5.75 Å². The number of anilines is 1. The Morgan fingerprint density at radius 2 is 1.90 bits per heavy atom. The minimum absolute atomic E-state index is 0.0435. The molecule has 3 rings (SSSR count). The Kier molecular flexibility index (Phi) is 3.62. The van der Waals surface area contributed by atoms with Gasteiger partial charge in [0.25, 0.3) is 5.91 Å². The van der Waals surface area contributed by atoms with Gasteiger partial charge in [-0.1, -0.05) is 18.2 Å². The first-order chi connectivity index (χ1) is 10.1. The molecule has 2 N–H and O–H groups in total. The molecular formula is C17H18N2O2. The summed E-state index contributed by atoms with van der Waals surface area (Å²) in [6.45, 7) is 3.45. The smallest absolute Gasteiger partial charge is 0.258 e. The first-order valence-electron chi connectivity index (χ1n) is 7.07. The average molecular weight is 282 g/mol. The zero-order chi connectivity index (χ0) is 14.8. The predicted octanol–water partition coefficient (Wildman–Crippen LogP) is 2.53. The molecule has 1 aliphatic heterocycles. The van der Waals surface area contributed by atoms with Crippen LogP contribution in [0, 0.1) is 0 Å². The Hall–Kier alpha value is -2.33. The fourth-order valence-corrected chi connectivity index (χ4v) is 2.60. The van der Waals surface area contributed by atoms with Crippen LogP contribution in [0.3, 0.4) is 0 Å². The number of phenolic OH excluding ortho intramolecular Hbond substituents is 1. The number of carbonyl (C=O) groups excluding carboxylic acids is 1. The van der Waals surface area contributed by atoms with E-state index in [4.69, 9.17) is 0 Å². The molecular weight excluding hydrogens is 264 g/mol. The molecule has 1 aliphatic rings. The number of aromatic hydroxyl groups is 1. The van der Waals surface area contributed by atoms with Crippen LogP contribution in [0.2, 0.25) is 0 Å². The maximum Gasteiger partial charge on any atom is 0.258 e. The van der Waals surface area contributed by atoms with Gasteiger partial charge in [0, 0.05) is 30.4 Å². The highest BCUT2D eigenvalue weighted by atomic mass is 16.3. The van der Waals surface area contributed by atoms with E-state index in [0.717, 1.165) is 17.8 Å². The van der Waals surface area contributed by atoms with E-state index in [1.54, 1.807) is 24.3 Å². The van der Waals surface area contributed by atoms with Gasteiger partial charge in [-0.3, -0.25) is 4.79 Å². The van der Waals surface area contributed by atoms with E-state index in [-0.39, 0.29) is 17.7 Å². The third-order valence-corrected chi connectivity index (χ3v) is 3.74. The highest BCUT2D eigenvalue weighted by molar-refractivity contribution is 6.06. The quantitative estimate of drug-likeness (QED) is 0.845. The summed E-state index contributed by atoms with van der Waals surface area (Å²) in [5.41, 5.74) is 2.65. The lowest BCUT2D eigenvalue weighted by Crippen LogP contribution is -2.39. The van der Waals surface area contributed by atoms with Crippen molar-refractivity contribution in [2.75, 3.05) is 11.4 Å². The maximum atomic E-state index is 12.8. The Morgan fingerprint density at radius 3 is 2.67 bits per heavy atom. The first kappa shape index (κ1) is 13.6. The summed E-state index contributed by atoms with van der Waals surface area (Å²) in [5, 5.41) is 12.8. The first-order valence-corrected chi connectivity index (χ1v) is 7.07. The molecule has 0 radical (unpaired) electrons. The minimum Gasteiger partial charge on any atom is -0.508 e. The van der Waals surface area contributed by atoms with E-state index >= 15 is 0 Å². The number of carbonyl (C=O) groups is 1. The number of hydrogen-bond donors (Lipinski definition) is 2. The molecule has 1 atom stereocenters. The lowest BCUT2D eigenvalue weighted by Gasteiger charge is -2.24. The van der Waals surface area contributed by atoms with Crippen molar-refractivity contribution in [2.24, 2.45) is 0 Å². The third-order valence-electron chi connectivity index (χ3n) is 3.74. The molecule has 1 amide bonds. The molecule has 2 aromatic carbocycles. The van der Waals surface area contributed by atoms with Crippen molar-refractivity contribution >= 4 is 11.6 Å². The van der Waals surface area contributed by atoms with E-state index in [0.29, 0.717) is 12.1 Å². The second-order valence-electron chi connectivity index (χ2n) is 5.37. The summed E-state index contributed by atoms with van der Waals surface area (Å²) in [6.07, 6.45) is 0. The van der Waals surface area contributed by atoms with Crippen molar-refractivity contribution in [2.45, 2.75) is 19.5 Å². The molecule has 0 spiro atoms. The predicted molar refractivity (Wildman–Crippen MR) is 82.5 cm³/mol. The largest absolute Gasteiger partial charge is 0.508 e. The van der Waals surface area contributed by atoms with E-state index in [2.05, 4.69) is 12.2 Å². The molecule has 0 bridgehead atoms. The molecule has 1 unspecified atom stereocenters. The summed E-state index contributed by atoms with van der Waals surface area (Å²) in [7, 11) is 0. The summed E-state index contributed by atoms with van der Waals surface area (Å²) in [4.78, 5) is 14.6. The topological polar surface area (TPSA) is 52.6 Å². The number of rotatable bonds is 1. The molecule has 108 valence electrons. The molecule has 0 aliphatic carbocycles. The van der Waals surface area contributed by atoms with Gasteiger partial charge >= 0.3 is 0 Å². The van der Waals surface area contributed by atoms with Gasteiger partial charge in [-0.2, -0.15) is 0 Å². The van der Waals surface area contributed by atoms with E-state index in [1.807, 2.05) is 29.2 Å². The van der Waals surface area contributed by atoms with Crippen LogP contribution >= 0.6 is 0 Å².